The number of halogens is 1. The van der Waals surface area contributed by atoms with E-state index in [-0.39, 0.29) is 19.3 Å². The van der Waals surface area contributed by atoms with Crippen LogP contribution in [0.1, 0.15) is 39.5 Å². The van der Waals surface area contributed by atoms with Crippen molar-refractivity contribution in [2.24, 2.45) is 0 Å². The van der Waals surface area contributed by atoms with Gasteiger partial charge in [-0.05, 0) is 12.8 Å². The van der Waals surface area contributed by atoms with Gasteiger partial charge >= 0.3 is 0 Å². The van der Waals surface area contributed by atoms with Gasteiger partial charge in [0.2, 0.25) is 0 Å². The van der Waals surface area contributed by atoms with E-state index in [0.29, 0.717) is 12.3 Å². The van der Waals surface area contributed by atoms with Crippen LogP contribution in [0.4, 0.5) is 0 Å². The fourth-order valence-electron chi connectivity index (χ4n) is 1.28. The summed E-state index contributed by atoms with van der Waals surface area (Å²) in [6, 6.07) is 0. The summed E-state index contributed by atoms with van der Waals surface area (Å²) in [5.41, 5.74) is -1.78. The molecular formula is C10H17ClO3. The van der Waals surface area contributed by atoms with Crippen LogP contribution in [0.5, 0.6) is 0 Å². The molecular weight excluding hydrogens is 204 g/mol. The second kappa shape index (κ2) is 6.14. The number of Topliss-reactive ketones (excluding diaryl/α,β-unsaturated/α-hetero) is 2. The Morgan fingerprint density at radius 1 is 1.29 bits per heavy atom. The molecule has 14 heavy (non-hydrogen) atoms. The summed E-state index contributed by atoms with van der Waals surface area (Å²) < 4.78 is 0. The van der Waals surface area contributed by atoms with Crippen molar-refractivity contribution in [1.29, 1.82) is 0 Å². The van der Waals surface area contributed by atoms with Crippen LogP contribution >= 0.6 is 11.6 Å². The Bertz CT molecular complexity index is 215. The topological polar surface area (TPSA) is 54.4 Å². The summed E-state index contributed by atoms with van der Waals surface area (Å²) in [6.45, 7) is 3.27. The van der Waals surface area contributed by atoms with Crippen LogP contribution in [0.25, 0.3) is 0 Å². The van der Waals surface area contributed by atoms with Gasteiger partial charge in [-0.15, -0.1) is 11.6 Å². The lowest BCUT2D eigenvalue weighted by molar-refractivity contribution is -0.151. The lowest BCUT2D eigenvalue weighted by Gasteiger charge is -2.22. The fourth-order valence-corrected chi connectivity index (χ4v) is 1.41. The van der Waals surface area contributed by atoms with Crippen LogP contribution in [0, 0.1) is 0 Å². The maximum atomic E-state index is 11.5. The monoisotopic (exact) mass is 220 g/mol. The molecule has 3 nitrogen and oxygen atoms in total. The van der Waals surface area contributed by atoms with Crippen LogP contribution < -0.4 is 0 Å². The summed E-state index contributed by atoms with van der Waals surface area (Å²) in [4.78, 5) is 22.9. The second-order valence-electron chi connectivity index (χ2n) is 3.21. The van der Waals surface area contributed by atoms with Crippen molar-refractivity contribution in [1.82, 2.24) is 0 Å². The van der Waals surface area contributed by atoms with Crippen molar-refractivity contribution in [2.45, 2.75) is 45.1 Å². The first-order valence-corrected chi connectivity index (χ1v) is 5.41. The molecule has 0 amide bonds. The summed E-state index contributed by atoms with van der Waals surface area (Å²) in [5, 5.41) is 9.84. The number of aliphatic hydroxyl groups is 1. The molecule has 0 aromatic rings. The lowest BCUT2D eigenvalue weighted by atomic mass is 9.87. The molecule has 0 saturated carbocycles. The van der Waals surface area contributed by atoms with Gasteiger partial charge in [0.1, 0.15) is 0 Å². The van der Waals surface area contributed by atoms with Gasteiger partial charge in [-0.25, -0.2) is 0 Å². The van der Waals surface area contributed by atoms with Crippen LogP contribution in [0.3, 0.4) is 0 Å². The van der Waals surface area contributed by atoms with Crippen molar-refractivity contribution in [3.63, 3.8) is 0 Å². The van der Waals surface area contributed by atoms with Crippen LogP contribution in [0.2, 0.25) is 0 Å². The zero-order valence-electron chi connectivity index (χ0n) is 8.68. The minimum Gasteiger partial charge on any atom is -0.375 e. The highest BCUT2D eigenvalue weighted by atomic mass is 35.5. The molecule has 0 aliphatic heterocycles. The van der Waals surface area contributed by atoms with Gasteiger partial charge < -0.3 is 5.11 Å². The zero-order chi connectivity index (χ0) is 11.2. The predicted octanol–water partition coefficient (Wildman–Crippen LogP) is 1.69. The normalized spacial score (nSPS) is 14.9. The van der Waals surface area contributed by atoms with E-state index in [1.165, 1.54) is 0 Å². The highest BCUT2D eigenvalue weighted by Crippen LogP contribution is 2.17. The summed E-state index contributed by atoms with van der Waals surface area (Å²) in [6.07, 6.45) is 0.983. The SMILES string of the molecule is CCC(=O)[C@](O)(CC)C(=O)CCCCl. The Morgan fingerprint density at radius 2 is 1.86 bits per heavy atom. The van der Waals surface area contributed by atoms with E-state index in [9.17, 15) is 14.7 Å². The number of ketones is 2. The van der Waals surface area contributed by atoms with Gasteiger partial charge in [-0.1, -0.05) is 13.8 Å². The molecule has 0 radical (unpaired) electrons. The average molecular weight is 221 g/mol. The van der Waals surface area contributed by atoms with Gasteiger partial charge in [0, 0.05) is 18.7 Å². The third kappa shape index (κ3) is 3.07. The van der Waals surface area contributed by atoms with E-state index in [1.807, 2.05) is 0 Å². The molecule has 0 unspecified atom stereocenters. The number of carbonyl (C=O) groups is 2. The molecule has 0 fully saturated rings. The molecule has 1 N–H and O–H groups in total. The van der Waals surface area contributed by atoms with E-state index in [0.717, 1.165) is 0 Å². The molecule has 0 rings (SSSR count). The third-order valence-electron chi connectivity index (χ3n) is 2.29. The zero-order valence-corrected chi connectivity index (χ0v) is 9.43. The molecule has 0 saturated heterocycles. The molecule has 0 aliphatic carbocycles. The van der Waals surface area contributed by atoms with Gasteiger partial charge in [0.05, 0.1) is 0 Å². The first-order valence-electron chi connectivity index (χ1n) is 4.87. The third-order valence-corrected chi connectivity index (χ3v) is 2.56. The largest absolute Gasteiger partial charge is 0.375 e. The minimum absolute atomic E-state index is 0.140. The molecule has 0 bridgehead atoms. The molecule has 0 aliphatic rings. The summed E-state index contributed by atoms with van der Waals surface area (Å²) >= 11 is 5.43. The number of hydrogen-bond donors (Lipinski definition) is 1. The van der Waals surface area contributed by atoms with Gasteiger partial charge in [0.15, 0.2) is 17.2 Å². The maximum Gasteiger partial charge on any atom is 0.180 e. The highest BCUT2D eigenvalue weighted by molar-refractivity contribution is 6.18. The second-order valence-corrected chi connectivity index (χ2v) is 3.58. The van der Waals surface area contributed by atoms with Crippen LogP contribution in [0.15, 0.2) is 0 Å². The highest BCUT2D eigenvalue weighted by Gasteiger charge is 2.39. The van der Waals surface area contributed by atoms with E-state index in [1.54, 1.807) is 13.8 Å². The summed E-state index contributed by atoms with van der Waals surface area (Å²) in [7, 11) is 0. The van der Waals surface area contributed by atoms with E-state index >= 15 is 0 Å². The Hall–Kier alpha value is -0.410. The van der Waals surface area contributed by atoms with Crippen molar-refractivity contribution >= 4 is 23.2 Å². The number of rotatable bonds is 7. The number of hydrogen-bond acceptors (Lipinski definition) is 3. The molecule has 0 aromatic carbocycles. The molecule has 4 heteroatoms. The predicted molar refractivity (Wildman–Crippen MR) is 55.5 cm³/mol. The molecule has 0 heterocycles. The Kier molecular flexibility index (Phi) is 5.96. The fraction of sp³-hybridized carbons (Fsp3) is 0.800. The lowest BCUT2D eigenvalue weighted by Crippen LogP contribution is -2.45. The molecule has 0 aromatic heterocycles. The van der Waals surface area contributed by atoms with Crippen molar-refractivity contribution < 1.29 is 14.7 Å². The Morgan fingerprint density at radius 3 is 2.21 bits per heavy atom. The van der Waals surface area contributed by atoms with Gasteiger partial charge in [-0.3, -0.25) is 9.59 Å². The van der Waals surface area contributed by atoms with E-state index in [4.69, 9.17) is 11.6 Å². The van der Waals surface area contributed by atoms with E-state index in [2.05, 4.69) is 0 Å². The number of alkyl halides is 1. The van der Waals surface area contributed by atoms with Crippen LogP contribution in [-0.4, -0.2) is 28.2 Å². The molecule has 0 spiro atoms. The Labute approximate surface area is 89.4 Å². The Balaban J connectivity index is 4.51. The first kappa shape index (κ1) is 13.6. The van der Waals surface area contributed by atoms with Gasteiger partial charge in [0.25, 0.3) is 0 Å². The molecule has 1 atom stereocenters. The number of carbonyl (C=O) groups excluding carboxylic acids is 2. The van der Waals surface area contributed by atoms with Crippen molar-refractivity contribution in [2.75, 3.05) is 5.88 Å². The van der Waals surface area contributed by atoms with E-state index < -0.39 is 17.2 Å². The summed E-state index contributed by atoms with van der Waals surface area (Å²) in [5.74, 6) is -0.446. The first-order chi connectivity index (χ1) is 6.52. The van der Waals surface area contributed by atoms with Gasteiger partial charge in [-0.2, -0.15) is 0 Å². The van der Waals surface area contributed by atoms with Crippen molar-refractivity contribution in [3.8, 4) is 0 Å². The standard InChI is InChI=1S/C10H17ClO3/c1-3-8(12)10(14,4-2)9(13)6-5-7-11/h14H,3-7H2,1-2H3/t10-/m1/s1. The quantitative estimate of drug-likeness (QED) is 0.525. The average Bonchev–Trinajstić information content (AvgIpc) is 2.23. The maximum absolute atomic E-state index is 11.5. The molecule has 82 valence electrons. The van der Waals surface area contributed by atoms with Crippen LogP contribution in [-0.2, 0) is 9.59 Å². The van der Waals surface area contributed by atoms with Crippen molar-refractivity contribution in [3.05, 3.63) is 0 Å². The minimum atomic E-state index is -1.78. The smallest absolute Gasteiger partial charge is 0.180 e.